The monoisotopic (exact) mass is 410 g/mol. The zero-order valence-corrected chi connectivity index (χ0v) is 17.9. The molecule has 3 rings (SSSR count). The molecule has 8 nitrogen and oxygen atoms in total. The molecule has 30 heavy (non-hydrogen) atoms. The van der Waals surface area contributed by atoms with E-state index in [0.29, 0.717) is 26.3 Å². The molecule has 0 amide bonds. The number of pyridine rings is 1. The number of guanidine groups is 1. The molecule has 1 aromatic carbocycles. The molecule has 2 N–H and O–H groups in total. The second kappa shape index (κ2) is 11.2. The average Bonchev–Trinajstić information content (AvgIpc) is 3.17. The SMILES string of the molecule is CCNC(=NCc1ccc(C)cc1OCCCOC)NCc1nnc2ccccn12. The summed E-state index contributed by atoms with van der Waals surface area (Å²) < 4.78 is 13.0. The summed E-state index contributed by atoms with van der Waals surface area (Å²) in [4.78, 5) is 4.73. The number of fused-ring (bicyclic) bond motifs is 1. The predicted molar refractivity (Wildman–Crippen MR) is 118 cm³/mol. The van der Waals surface area contributed by atoms with Crippen LogP contribution in [0.4, 0.5) is 0 Å². The van der Waals surface area contributed by atoms with Crippen molar-refractivity contribution in [3.05, 3.63) is 59.5 Å². The first-order valence-corrected chi connectivity index (χ1v) is 10.2. The molecule has 0 aliphatic heterocycles. The Morgan fingerprint density at radius 2 is 2.03 bits per heavy atom. The van der Waals surface area contributed by atoms with Gasteiger partial charge < -0.3 is 20.1 Å². The second-order valence-corrected chi connectivity index (χ2v) is 6.90. The summed E-state index contributed by atoms with van der Waals surface area (Å²) in [5.74, 6) is 2.42. The molecular formula is C22H30N6O2. The van der Waals surface area contributed by atoms with Crippen LogP contribution < -0.4 is 15.4 Å². The molecule has 0 unspecified atom stereocenters. The molecule has 0 aliphatic carbocycles. The van der Waals surface area contributed by atoms with Gasteiger partial charge >= 0.3 is 0 Å². The van der Waals surface area contributed by atoms with E-state index in [4.69, 9.17) is 14.5 Å². The Morgan fingerprint density at radius 3 is 2.87 bits per heavy atom. The molecular weight excluding hydrogens is 380 g/mol. The lowest BCUT2D eigenvalue weighted by Crippen LogP contribution is -2.37. The number of aromatic nitrogens is 3. The van der Waals surface area contributed by atoms with Crippen LogP contribution in [0.1, 0.15) is 30.3 Å². The van der Waals surface area contributed by atoms with Crippen molar-refractivity contribution in [3.63, 3.8) is 0 Å². The zero-order valence-electron chi connectivity index (χ0n) is 17.9. The fourth-order valence-electron chi connectivity index (χ4n) is 2.99. The van der Waals surface area contributed by atoms with Gasteiger partial charge in [0.25, 0.3) is 0 Å². The molecule has 160 valence electrons. The summed E-state index contributed by atoms with van der Waals surface area (Å²) in [6, 6.07) is 12.0. The number of hydrogen-bond donors (Lipinski definition) is 2. The summed E-state index contributed by atoms with van der Waals surface area (Å²) in [7, 11) is 1.70. The summed E-state index contributed by atoms with van der Waals surface area (Å²) in [5.41, 5.74) is 3.03. The summed E-state index contributed by atoms with van der Waals surface area (Å²) in [6.45, 7) is 7.20. The number of ether oxygens (including phenoxy) is 2. The van der Waals surface area contributed by atoms with E-state index >= 15 is 0 Å². The van der Waals surface area contributed by atoms with Gasteiger partial charge in [0.2, 0.25) is 0 Å². The van der Waals surface area contributed by atoms with E-state index in [1.54, 1.807) is 7.11 Å². The van der Waals surface area contributed by atoms with Gasteiger partial charge in [-0.15, -0.1) is 10.2 Å². The van der Waals surface area contributed by atoms with E-state index in [2.05, 4.69) is 46.0 Å². The van der Waals surface area contributed by atoms with Crippen LogP contribution in [-0.4, -0.2) is 47.4 Å². The highest BCUT2D eigenvalue weighted by Crippen LogP contribution is 2.21. The number of aliphatic imine (C=N–C) groups is 1. The van der Waals surface area contributed by atoms with Crippen molar-refractivity contribution in [3.8, 4) is 5.75 Å². The van der Waals surface area contributed by atoms with Crippen molar-refractivity contribution in [2.45, 2.75) is 33.4 Å². The Morgan fingerprint density at radius 1 is 1.13 bits per heavy atom. The lowest BCUT2D eigenvalue weighted by Gasteiger charge is -2.13. The number of nitrogens with zero attached hydrogens (tertiary/aromatic N) is 4. The molecule has 3 aromatic rings. The Labute approximate surface area is 177 Å². The highest BCUT2D eigenvalue weighted by Gasteiger charge is 2.08. The molecule has 0 radical (unpaired) electrons. The Hall–Kier alpha value is -3.13. The highest BCUT2D eigenvalue weighted by molar-refractivity contribution is 5.79. The molecule has 0 bridgehead atoms. The van der Waals surface area contributed by atoms with Gasteiger partial charge in [-0.2, -0.15) is 0 Å². The topological polar surface area (TPSA) is 85.1 Å². The van der Waals surface area contributed by atoms with E-state index in [1.165, 1.54) is 0 Å². The maximum atomic E-state index is 5.97. The first-order chi connectivity index (χ1) is 14.7. The van der Waals surface area contributed by atoms with Gasteiger partial charge in [0.05, 0.1) is 19.7 Å². The van der Waals surface area contributed by atoms with Crippen molar-refractivity contribution in [1.29, 1.82) is 0 Å². The molecule has 8 heteroatoms. The van der Waals surface area contributed by atoms with Crippen LogP contribution in [0, 0.1) is 6.92 Å². The van der Waals surface area contributed by atoms with Gasteiger partial charge in [0.1, 0.15) is 5.75 Å². The smallest absolute Gasteiger partial charge is 0.191 e. The van der Waals surface area contributed by atoms with Crippen LogP contribution in [0.5, 0.6) is 5.75 Å². The van der Waals surface area contributed by atoms with Crippen LogP contribution >= 0.6 is 0 Å². The minimum Gasteiger partial charge on any atom is -0.493 e. The predicted octanol–water partition coefficient (Wildman–Crippen LogP) is 2.71. The minimum atomic E-state index is 0.510. The third kappa shape index (κ3) is 5.93. The van der Waals surface area contributed by atoms with Crippen molar-refractivity contribution >= 4 is 11.6 Å². The first kappa shape index (κ1) is 21.6. The molecule has 2 heterocycles. The largest absolute Gasteiger partial charge is 0.493 e. The first-order valence-electron chi connectivity index (χ1n) is 10.2. The van der Waals surface area contributed by atoms with Crippen LogP contribution in [0.2, 0.25) is 0 Å². The lowest BCUT2D eigenvalue weighted by atomic mass is 10.1. The Bertz CT molecular complexity index is 969. The second-order valence-electron chi connectivity index (χ2n) is 6.90. The minimum absolute atomic E-state index is 0.510. The van der Waals surface area contributed by atoms with Crippen LogP contribution in [-0.2, 0) is 17.8 Å². The average molecular weight is 411 g/mol. The van der Waals surface area contributed by atoms with E-state index in [0.717, 1.165) is 47.3 Å². The van der Waals surface area contributed by atoms with Crippen LogP contribution in [0.25, 0.3) is 5.65 Å². The molecule has 0 saturated carbocycles. The molecule has 2 aromatic heterocycles. The van der Waals surface area contributed by atoms with E-state index in [1.807, 2.05) is 35.7 Å². The van der Waals surface area contributed by atoms with Crippen LogP contribution in [0.15, 0.2) is 47.6 Å². The summed E-state index contributed by atoms with van der Waals surface area (Å²) in [6.07, 6.45) is 2.81. The van der Waals surface area contributed by atoms with Gasteiger partial charge in [-0.25, -0.2) is 4.99 Å². The van der Waals surface area contributed by atoms with Gasteiger partial charge in [0.15, 0.2) is 17.4 Å². The van der Waals surface area contributed by atoms with Crippen molar-refractivity contribution in [1.82, 2.24) is 25.2 Å². The number of benzene rings is 1. The molecule has 0 spiro atoms. The lowest BCUT2D eigenvalue weighted by molar-refractivity contribution is 0.172. The third-order valence-corrected chi connectivity index (χ3v) is 4.52. The summed E-state index contributed by atoms with van der Waals surface area (Å²) >= 11 is 0. The number of rotatable bonds is 10. The highest BCUT2D eigenvalue weighted by atomic mass is 16.5. The number of nitrogens with one attached hydrogen (secondary N) is 2. The van der Waals surface area contributed by atoms with Crippen molar-refractivity contribution in [2.75, 3.05) is 26.9 Å². The van der Waals surface area contributed by atoms with Gasteiger partial charge in [0, 0.05) is 38.4 Å². The number of hydrogen-bond acceptors (Lipinski definition) is 5. The van der Waals surface area contributed by atoms with Crippen LogP contribution in [0.3, 0.4) is 0 Å². The number of methoxy groups -OCH3 is 1. The fraction of sp³-hybridized carbons (Fsp3) is 0.409. The molecule has 0 fully saturated rings. The van der Waals surface area contributed by atoms with Crippen molar-refractivity contribution in [2.24, 2.45) is 4.99 Å². The Kier molecular flexibility index (Phi) is 8.02. The molecule has 0 atom stereocenters. The Balaban J connectivity index is 1.66. The third-order valence-electron chi connectivity index (χ3n) is 4.52. The quantitative estimate of drug-likeness (QED) is 0.304. The van der Waals surface area contributed by atoms with Gasteiger partial charge in [-0.05, 0) is 37.6 Å². The molecule has 0 aliphatic rings. The van der Waals surface area contributed by atoms with Crippen molar-refractivity contribution < 1.29 is 9.47 Å². The fourth-order valence-corrected chi connectivity index (χ4v) is 2.99. The van der Waals surface area contributed by atoms with Gasteiger partial charge in [-0.3, -0.25) is 4.40 Å². The number of aryl methyl sites for hydroxylation is 1. The van der Waals surface area contributed by atoms with E-state index < -0.39 is 0 Å². The standard InChI is InChI=1S/C22H30N6O2/c1-4-23-22(25-16-21-27-26-20-8-5-6-11-28(20)21)24-15-18-10-9-17(2)14-19(18)30-13-7-12-29-3/h5-6,8-11,14H,4,7,12-13,15-16H2,1-3H3,(H2,23,24,25). The molecule has 0 saturated heterocycles. The van der Waals surface area contributed by atoms with E-state index in [-0.39, 0.29) is 0 Å². The van der Waals surface area contributed by atoms with Gasteiger partial charge in [-0.1, -0.05) is 18.2 Å². The maximum Gasteiger partial charge on any atom is 0.191 e. The summed E-state index contributed by atoms with van der Waals surface area (Å²) in [5, 5.41) is 15.1. The van der Waals surface area contributed by atoms with E-state index in [9.17, 15) is 0 Å². The maximum absolute atomic E-state index is 5.97. The normalized spacial score (nSPS) is 11.6. The zero-order chi connectivity index (χ0) is 21.2.